The van der Waals surface area contributed by atoms with Crippen molar-refractivity contribution in [1.82, 2.24) is 0 Å². The zero-order valence-corrected chi connectivity index (χ0v) is 34.8. The highest BCUT2D eigenvalue weighted by atomic mass is 16.3. The molecule has 294 valence electrons. The molecule has 3 aliphatic rings. The van der Waals surface area contributed by atoms with Gasteiger partial charge in [0.05, 0.1) is 16.9 Å². The van der Waals surface area contributed by atoms with Gasteiger partial charge in [-0.15, -0.1) is 0 Å². The molecule has 5 nitrogen and oxygen atoms in total. The third-order valence-electron chi connectivity index (χ3n) is 13.0. The average Bonchev–Trinajstić information content (AvgIpc) is 3.64. The Kier molecular flexibility index (Phi) is 11.8. The molecule has 0 saturated heterocycles. The largest absolute Gasteiger partial charge is 0.384 e. The van der Waals surface area contributed by atoms with E-state index in [4.69, 9.17) is 0 Å². The van der Waals surface area contributed by atoms with Gasteiger partial charge in [-0.05, 0) is 65.9 Å². The van der Waals surface area contributed by atoms with E-state index >= 15 is 0 Å². The first kappa shape index (κ1) is 39.9. The van der Waals surface area contributed by atoms with Gasteiger partial charge in [0.2, 0.25) is 5.69 Å². The van der Waals surface area contributed by atoms with Gasteiger partial charge >= 0.3 is 0 Å². The molecule has 5 heteroatoms. The zero-order valence-electron chi connectivity index (χ0n) is 34.8. The van der Waals surface area contributed by atoms with Crippen molar-refractivity contribution in [2.45, 2.75) is 136 Å². The molecule has 1 saturated carbocycles. The number of unbranched alkanes of at least 4 members (excludes halogenated alkanes) is 10. The van der Waals surface area contributed by atoms with Crippen LogP contribution in [0.15, 0.2) is 96.2 Å². The van der Waals surface area contributed by atoms with Crippen LogP contribution >= 0.6 is 0 Å². The van der Waals surface area contributed by atoms with Crippen LogP contribution in [-0.4, -0.2) is 46.2 Å². The lowest BCUT2D eigenvalue weighted by Crippen LogP contribution is -2.30. The van der Waals surface area contributed by atoms with E-state index in [-0.39, 0.29) is 11.4 Å². The number of anilines is 1. The molecular formula is C51H63N2O3+. The molecule has 0 amide bonds. The Morgan fingerprint density at radius 1 is 0.661 bits per heavy atom. The number of carbonyl (C=O) groups is 2. The van der Waals surface area contributed by atoms with Gasteiger partial charge in [-0.3, -0.25) is 9.59 Å². The third kappa shape index (κ3) is 7.21. The Bertz CT molecular complexity index is 2220. The van der Waals surface area contributed by atoms with Crippen LogP contribution in [0.5, 0.6) is 0 Å². The van der Waals surface area contributed by atoms with Crippen LogP contribution in [0.1, 0.15) is 130 Å². The predicted octanol–water partition coefficient (Wildman–Crippen LogP) is 11.8. The van der Waals surface area contributed by atoms with E-state index < -0.39 is 28.6 Å². The minimum absolute atomic E-state index is 0.119. The number of aliphatic hydroxyl groups is 1. The number of benzene rings is 4. The molecule has 56 heavy (non-hydrogen) atoms. The second-order valence-electron chi connectivity index (χ2n) is 17.6. The summed E-state index contributed by atoms with van der Waals surface area (Å²) in [7, 11) is 0. The highest BCUT2D eigenvalue weighted by Crippen LogP contribution is 2.52. The van der Waals surface area contributed by atoms with Gasteiger partial charge in [0.25, 0.3) is 0 Å². The van der Waals surface area contributed by atoms with Crippen molar-refractivity contribution in [3.05, 3.63) is 107 Å². The summed E-state index contributed by atoms with van der Waals surface area (Å²) in [5.74, 6) is -1.70. The molecule has 0 aromatic heterocycles. The SMILES string of the molecule is CCCCCCCCN1C(=CC2C(=O)C(=CC3=[N+](CCCCCCCC)c4ccc5ccccc5c4C3(C)C)C(=O)C2O)C(C)(C)c2c1ccc1ccccc21. The Morgan fingerprint density at radius 3 is 1.89 bits per heavy atom. The van der Waals surface area contributed by atoms with E-state index in [1.54, 1.807) is 0 Å². The topological polar surface area (TPSA) is 60.6 Å². The molecule has 2 aliphatic heterocycles. The summed E-state index contributed by atoms with van der Waals surface area (Å²) in [6, 6.07) is 25.8. The molecule has 0 radical (unpaired) electrons. The van der Waals surface area contributed by atoms with Crippen LogP contribution in [0, 0.1) is 5.92 Å². The molecule has 1 fully saturated rings. The Morgan fingerprint density at radius 2 is 1.23 bits per heavy atom. The fraction of sp³-hybridized carbons (Fsp3) is 0.471. The van der Waals surface area contributed by atoms with Crippen LogP contribution in [0.4, 0.5) is 11.4 Å². The van der Waals surface area contributed by atoms with Gasteiger partial charge in [0.1, 0.15) is 12.6 Å². The second-order valence-corrected chi connectivity index (χ2v) is 17.6. The fourth-order valence-corrected chi connectivity index (χ4v) is 10.00. The first-order valence-corrected chi connectivity index (χ1v) is 21.7. The van der Waals surface area contributed by atoms with Crippen LogP contribution in [0.25, 0.3) is 21.5 Å². The number of carbonyl (C=O) groups excluding carboxylic acids is 2. The van der Waals surface area contributed by atoms with E-state index in [9.17, 15) is 14.7 Å². The molecule has 2 atom stereocenters. The lowest BCUT2D eigenvalue weighted by molar-refractivity contribution is -0.438. The van der Waals surface area contributed by atoms with Crippen LogP contribution in [0.2, 0.25) is 0 Å². The Hall–Kier alpha value is -4.35. The maximum atomic E-state index is 14.7. The van der Waals surface area contributed by atoms with Crippen LogP contribution < -0.4 is 4.90 Å². The minimum Gasteiger partial charge on any atom is -0.384 e. The van der Waals surface area contributed by atoms with Crippen molar-refractivity contribution >= 4 is 50.2 Å². The Labute approximate surface area is 335 Å². The number of allylic oxidation sites excluding steroid dienone is 2. The van der Waals surface area contributed by atoms with E-state index in [0.29, 0.717) is 0 Å². The number of fused-ring (bicyclic) bond motifs is 6. The van der Waals surface area contributed by atoms with Crippen molar-refractivity contribution in [2.24, 2.45) is 5.92 Å². The van der Waals surface area contributed by atoms with E-state index in [1.807, 2.05) is 12.2 Å². The summed E-state index contributed by atoms with van der Waals surface area (Å²) in [4.78, 5) is 31.2. The first-order valence-electron chi connectivity index (χ1n) is 21.7. The van der Waals surface area contributed by atoms with Crippen LogP contribution in [-0.2, 0) is 20.4 Å². The summed E-state index contributed by atoms with van der Waals surface area (Å²) < 4.78 is 2.36. The van der Waals surface area contributed by atoms with Gasteiger partial charge in [-0.1, -0.05) is 146 Å². The highest BCUT2D eigenvalue weighted by molar-refractivity contribution is 6.31. The van der Waals surface area contributed by atoms with Gasteiger partial charge in [0.15, 0.2) is 17.3 Å². The maximum absolute atomic E-state index is 14.7. The number of nitrogens with zero attached hydrogens (tertiary/aromatic N) is 2. The maximum Gasteiger partial charge on any atom is 0.210 e. The van der Waals surface area contributed by atoms with Crippen molar-refractivity contribution in [3.63, 3.8) is 0 Å². The molecule has 4 aromatic rings. The normalized spacial score (nSPS) is 21.4. The first-order chi connectivity index (χ1) is 27.0. The lowest BCUT2D eigenvalue weighted by atomic mass is 9.78. The van der Waals surface area contributed by atoms with E-state index in [2.05, 4.69) is 124 Å². The molecule has 7 rings (SSSR count). The van der Waals surface area contributed by atoms with E-state index in [0.717, 1.165) is 61.6 Å². The third-order valence-corrected chi connectivity index (χ3v) is 13.0. The molecular weight excluding hydrogens is 689 g/mol. The predicted molar refractivity (Wildman–Crippen MR) is 234 cm³/mol. The number of hydrogen-bond donors (Lipinski definition) is 1. The summed E-state index contributed by atoms with van der Waals surface area (Å²) in [6.45, 7) is 15.0. The Balaban J connectivity index is 1.26. The van der Waals surface area contributed by atoms with Gasteiger partial charge < -0.3 is 10.0 Å². The van der Waals surface area contributed by atoms with E-state index in [1.165, 1.54) is 84.0 Å². The van der Waals surface area contributed by atoms with Crippen LogP contribution in [0.3, 0.4) is 0 Å². The van der Waals surface area contributed by atoms with Crippen molar-refractivity contribution in [2.75, 3.05) is 18.0 Å². The molecule has 4 aromatic carbocycles. The minimum atomic E-state index is -1.42. The molecule has 2 heterocycles. The standard InChI is InChI=1S/C51H63N2O3/c1-7-9-11-13-15-21-31-52-41-29-27-35-23-17-19-25-37(35)45(41)50(3,4)43(52)33-39-47(54)40(49(56)48(39)55)34-44-51(5,6)46-38-26-20-18-24-36(38)28-30-42(46)53(44)32-22-16-14-12-10-8-2/h17-20,23-30,33-34,39,48,55H,7-16,21-22,31-32H2,1-6H3/q+1. The highest BCUT2D eigenvalue weighted by Gasteiger charge is 2.51. The average molecular weight is 752 g/mol. The summed E-state index contributed by atoms with van der Waals surface area (Å²) in [5.41, 5.74) is 5.96. The fourth-order valence-electron chi connectivity index (χ4n) is 10.00. The van der Waals surface area contributed by atoms with Gasteiger partial charge in [-0.2, -0.15) is 4.58 Å². The van der Waals surface area contributed by atoms with Crippen molar-refractivity contribution in [3.8, 4) is 0 Å². The summed E-state index contributed by atoms with van der Waals surface area (Å²) >= 11 is 0. The molecule has 0 bridgehead atoms. The van der Waals surface area contributed by atoms with Crippen molar-refractivity contribution < 1.29 is 19.3 Å². The molecule has 1 aliphatic carbocycles. The lowest BCUT2D eigenvalue weighted by Gasteiger charge is -2.28. The number of hydrogen-bond acceptors (Lipinski definition) is 4. The molecule has 2 unspecified atom stereocenters. The zero-order chi connectivity index (χ0) is 39.6. The summed E-state index contributed by atoms with van der Waals surface area (Å²) in [5, 5.41) is 16.5. The number of rotatable bonds is 16. The van der Waals surface area contributed by atoms with Gasteiger partial charge in [0, 0.05) is 47.5 Å². The summed E-state index contributed by atoms with van der Waals surface area (Å²) in [6.07, 6.45) is 16.6. The number of Topliss-reactive ketones (excluding diaryl/α,β-unsaturated/α-hetero) is 2. The van der Waals surface area contributed by atoms with Crippen molar-refractivity contribution in [1.29, 1.82) is 0 Å². The smallest absolute Gasteiger partial charge is 0.210 e. The number of aliphatic hydroxyl groups excluding tert-OH is 1. The number of ketones is 2. The monoisotopic (exact) mass is 751 g/mol. The second kappa shape index (κ2) is 16.6. The quantitative estimate of drug-likeness (QED) is 0.0536. The van der Waals surface area contributed by atoms with Gasteiger partial charge in [-0.25, -0.2) is 0 Å². The molecule has 0 spiro atoms. The molecule has 1 N–H and O–H groups in total.